The number of alkyl halides is 1. The van der Waals surface area contributed by atoms with Crippen molar-refractivity contribution in [2.24, 2.45) is 0 Å². The second kappa shape index (κ2) is 4.80. The maximum absolute atomic E-state index is 12.2. The van der Waals surface area contributed by atoms with E-state index in [1.54, 1.807) is 6.20 Å². The van der Waals surface area contributed by atoms with E-state index in [1.165, 1.54) is 0 Å². The average molecular weight is 300 g/mol. The van der Waals surface area contributed by atoms with Crippen molar-refractivity contribution in [3.63, 3.8) is 0 Å². The number of hydrogen-bond acceptors (Lipinski definition) is 2. The van der Waals surface area contributed by atoms with Crippen LogP contribution in [0.3, 0.4) is 0 Å². The van der Waals surface area contributed by atoms with Crippen LogP contribution in [-0.4, -0.2) is 38.4 Å². The van der Waals surface area contributed by atoms with E-state index in [2.05, 4.69) is 26.1 Å². The maximum Gasteiger partial charge on any atom is 0.238 e. The summed E-state index contributed by atoms with van der Waals surface area (Å²) in [5, 5.41) is 6.98. The highest BCUT2D eigenvalue weighted by Crippen LogP contribution is 2.28. The summed E-state index contributed by atoms with van der Waals surface area (Å²) in [5.74, 6) is 0.562. The molecule has 1 amide bonds. The van der Waals surface area contributed by atoms with Crippen molar-refractivity contribution in [2.45, 2.75) is 36.9 Å². The number of amides is 1. The number of nitrogens with zero attached hydrogens (tertiary/aromatic N) is 2. The van der Waals surface area contributed by atoms with Gasteiger partial charge in [0, 0.05) is 30.9 Å². The lowest BCUT2D eigenvalue weighted by atomic mass is 9.94. The average Bonchev–Trinajstić information content (AvgIpc) is 2.80. The molecule has 17 heavy (non-hydrogen) atoms. The van der Waals surface area contributed by atoms with E-state index >= 15 is 0 Å². The Labute approximate surface area is 110 Å². The molecule has 0 saturated carbocycles. The molecular formula is C12H18BrN3O. The Kier molecular flexibility index (Phi) is 3.56. The van der Waals surface area contributed by atoms with Crippen LogP contribution >= 0.6 is 15.9 Å². The van der Waals surface area contributed by atoms with E-state index in [0.29, 0.717) is 5.92 Å². The van der Waals surface area contributed by atoms with Crippen LogP contribution < -0.4 is 0 Å². The predicted octanol–water partition coefficient (Wildman–Crippen LogP) is 2.29. The molecule has 1 aliphatic rings. The highest BCUT2D eigenvalue weighted by atomic mass is 79.9. The molecule has 5 heteroatoms. The zero-order valence-corrected chi connectivity index (χ0v) is 11.8. The summed E-state index contributed by atoms with van der Waals surface area (Å²) in [6.45, 7) is 5.44. The lowest BCUT2D eigenvalue weighted by Crippen LogP contribution is -2.46. The molecule has 4 nitrogen and oxygen atoms in total. The van der Waals surface area contributed by atoms with Gasteiger partial charge in [-0.15, -0.1) is 0 Å². The van der Waals surface area contributed by atoms with Gasteiger partial charge < -0.3 is 4.90 Å². The van der Waals surface area contributed by atoms with E-state index < -0.39 is 4.32 Å². The normalized spacial score (nSPS) is 21.6. The minimum Gasteiger partial charge on any atom is -0.341 e. The minimum atomic E-state index is -0.469. The maximum atomic E-state index is 12.2. The molecule has 2 rings (SSSR count). The lowest BCUT2D eigenvalue weighted by Gasteiger charge is -2.35. The van der Waals surface area contributed by atoms with Crippen molar-refractivity contribution < 1.29 is 4.79 Å². The third kappa shape index (κ3) is 2.89. The molecule has 1 aromatic heterocycles. The number of carbonyl (C=O) groups excluding carboxylic acids is 1. The van der Waals surface area contributed by atoms with Gasteiger partial charge >= 0.3 is 0 Å². The molecule has 0 aromatic carbocycles. The number of hydrogen-bond donors (Lipinski definition) is 1. The van der Waals surface area contributed by atoms with Crippen molar-refractivity contribution in [1.82, 2.24) is 15.1 Å². The number of piperidine rings is 1. The quantitative estimate of drug-likeness (QED) is 0.852. The molecule has 0 radical (unpaired) electrons. The molecule has 1 N–H and O–H groups in total. The molecule has 2 heterocycles. The second-order valence-corrected chi connectivity index (χ2v) is 7.06. The molecule has 0 aliphatic carbocycles. The summed E-state index contributed by atoms with van der Waals surface area (Å²) in [7, 11) is 0. The second-order valence-electron chi connectivity index (χ2n) is 5.07. The summed E-state index contributed by atoms with van der Waals surface area (Å²) < 4.78 is -0.469. The van der Waals surface area contributed by atoms with Gasteiger partial charge in [0.05, 0.1) is 4.32 Å². The van der Waals surface area contributed by atoms with E-state index in [-0.39, 0.29) is 5.91 Å². The highest BCUT2D eigenvalue weighted by Gasteiger charge is 2.32. The van der Waals surface area contributed by atoms with Crippen molar-refractivity contribution in [1.29, 1.82) is 0 Å². The Morgan fingerprint density at radius 3 is 3.00 bits per heavy atom. The fourth-order valence-corrected chi connectivity index (χ4v) is 2.54. The van der Waals surface area contributed by atoms with Crippen molar-refractivity contribution in [2.75, 3.05) is 13.1 Å². The lowest BCUT2D eigenvalue weighted by molar-refractivity contribution is -0.134. The molecule has 1 aromatic rings. The standard InChI is InChI=1S/C12H18BrN3O/c1-12(2,13)11(17)16-7-3-4-9(8-16)10-5-6-14-15-10/h5-6,9H,3-4,7-8H2,1-2H3,(H,14,15). The van der Waals surface area contributed by atoms with Crippen LogP contribution in [0.25, 0.3) is 0 Å². The smallest absolute Gasteiger partial charge is 0.238 e. The Morgan fingerprint density at radius 2 is 2.41 bits per heavy atom. The fourth-order valence-electron chi connectivity index (χ4n) is 2.29. The molecule has 1 fully saturated rings. The van der Waals surface area contributed by atoms with E-state index in [4.69, 9.17) is 0 Å². The number of rotatable bonds is 2. The van der Waals surface area contributed by atoms with E-state index in [9.17, 15) is 4.79 Å². The van der Waals surface area contributed by atoms with Gasteiger partial charge in [0.25, 0.3) is 0 Å². The van der Waals surface area contributed by atoms with Crippen LogP contribution in [-0.2, 0) is 4.79 Å². The number of carbonyl (C=O) groups is 1. The van der Waals surface area contributed by atoms with Crippen LogP contribution in [0.4, 0.5) is 0 Å². The number of aromatic nitrogens is 2. The van der Waals surface area contributed by atoms with Gasteiger partial charge in [0.1, 0.15) is 0 Å². The topological polar surface area (TPSA) is 49.0 Å². The summed E-state index contributed by atoms with van der Waals surface area (Å²) >= 11 is 3.44. The summed E-state index contributed by atoms with van der Waals surface area (Å²) in [4.78, 5) is 14.1. The predicted molar refractivity (Wildman–Crippen MR) is 70.1 cm³/mol. The molecule has 1 saturated heterocycles. The number of halogens is 1. The molecule has 1 atom stereocenters. The van der Waals surface area contributed by atoms with Crippen LogP contribution in [0, 0.1) is 0 Å². The van der Waals surface area contributed by atoms with Crippen molar-refractivity contribution in [3.8, 4) is 0 Å². The van der Waals surface area contributed by atoms with Gasteiger partial charge in [-0.25, -0.2) is 0 Å². The molecule has 0 bridgehead atoms. The van der Waals surface area contributed by atoms with Crippen molar-refractivity contribution >= 4 is 21.8 Å². The SMILES string of the molecule is CC(C)(Br)C(=O)N1CCCC(c2ccn[nH]2)C1. The summed E-state index contributed by atoms with van der Waals surface area (Å²) in [6, 6.07) is 2.00. The third-order valence-electron chi connectivity index (χ3n) is 3.18. The molecular weight excluding hydrogens is 282 g/mol. The first-order chi connectivity index (χ1) is 7.98. The Morgan fingerprint density at radius 1 is 1.65 bits per heavy atom. The van der Waals surface area contributed by atoms with E-state index in [0.717, 1.165) is 31.6 Å². The zero-order chi connectivity index (χ0) is 12.5. The first-order valence-electron chi connectivity index (χ1n) is 5.96. The van der Waals surface area contributed by atoms with Gasteiger partial charge in [0.2, 0.25) is 5.91 Å². The first-order valence-corrected chi connectivity index (χ1v) is 6.75. The minimum absolute atomic E-state index is 0.168. The Bertz CT molecular complexity index is 383. The van der Waals surface area contributed by atoms with Gasteiger partial charge in [0.15, 0.2) is 0 Å². The Hall–Kier alpha value is -0.840. The molecule has 1 aliphatic heterocycles. The first kappa shape index (κ1) is 12.6. The summed E-state index contributed by atoms with van der Waals surface area (Å²) in [5.41, 5.74) is 1.13. The summed E-state index contributed by atoms with van der Waals surface area (Å²) in [6.07, 6.45) is 3.94. The number of likely N-dealkylation sites (tertiary alicyclic amines) is 1. The number of nitrogens with one attached hydrogen (secondary N) is 1. The third-order valence-corrected chi connectivity index (χ3v) is 3.52. The molecule has 0 spiro atoms. The highest BCUT2D eigenvalue weighted by molar-refractivity contribution is 9.10. The van der Waals surface area contributed by atoms with Crippen LogP contribution in [0.2, 0.25) is 0 Å². The number of aromatic amines is 1. The van der Waals surface area contributed by atoms with Gasteiger partial charge in [-0.05, 0) is 32.8 Å². The molecule has 1 unspecified atom stereocenters. The largest absolute Gasteiger partial charge is 0.341 e. The van der Waals surface area contributed by atoms with Crippen LogP contribution in [0.1, 0.15) is 38.3 Å². The van der Waals surface area contributed by atoms with Crippen molar-refractivity contribution in [3.05, 3.63) is 18.0 Å². The van der Waals surface area contributed by atoms with Gasteiger partial charge in [-0.1, -0.05) is 15.9 Å². The fraction of sp³-hybridized carbons (Fsp3) is 0.667. The van der Waals surface area contributed by atoms with Crippen LogP contribution in [0.5, 0.6) is 0 Å². The number of H-pyrrole nitrogens is 1. The monoisotopic (exact) mass is 299 g/mol. The molecule has 94 valence electrons. The van der Waals surface area contributed by atoms with Gasteiger partial charge in [-0.3, -0.25) is 9.89 Å². The Balaban J connectivity index is 2.05. The van der Waals surface area contributed by atoms with Gasteiger partial charge in [-0.2, -0.15) is 5.10 Å². The van der Waals surface area contributed by atoms with Crippen LogP contribution in [0.15, 0.2) is 12.3 Å². The van der Waals surface area contributed by atoms with E-state index in [1.807, 2.05) is 24.8 Å². The zero-order valence-electron chi connectivity index (χ0n) is 10.2.